The topological polar surface area (TPSA) is 146 Å². The number of aromatic nitrogens is 2. The zero-order valence-corrected chi connectivity index (χ0v) is 14.9. The number of nitriles is 1. The van der Waals surface area contributed by atoms with E-state index in [1.54, 1.807) is 0 Å². The SMILES string of the molecule is Cn1c2c(c(=O)n(C)c1=O)[C@@H](c1ccc(Cl)c([N+](=O)[O-])c1)C(C#N)=C(N)O2. The number of fused-ring (bicyclic) bond motifs is 1. The summed E-state index contributed by atoms with van der Waals surface area (Å²) >= 11 is 5.85. The van der Waals surface area contributed by atoms with Gasteiger partial charge in [0.1, 0.15) is 16.7 Å². The van der Waals surface area contributed by atoms with Crippen LogP contribution in [0.15, 0.2) is 39.2 Å². The lowest BCUT2D eigenvalue weighted by Crippen LogP contribution is -2.42. The minimum absolute atomic E-state index is 0.0260. The number of nitro groups is 1. The van der Waals surface area contributed by atoms with E-state index in [0.29, 0.717) is 0 Å². The van der Waals surface area contributed by atoms with Crippen molar-refractivity contribution in [2.24, 2.45) is 19.8 Å². The van der Waals surface area contributed by atoms with Gasteiger partial charge in [-0.2, -0.15) is 5.26 Å². The lowest BCUT2D eigenvalue weighted by atomic mass is 9.85. The number of nitro benzene ring substituents is 1. The first-order valence-electron chi connectivity index (χ1n) is 7.50. The Hall–Kier alpha value is -3.58. The molecular formula is C16H12ClN5O5. The van der Waals surface area contributed by atoms with Gasteiger partial charge in [-0.25, -0.2) is 4.79 Å². The number of rotatable bonds is 2. The summed E-state index contributed by atoms with van der Waals surface area (Å²) in [5.41, 5.74) is 4.20. The van der Waals surface area contributed by atoms with Gasteiger partial charge in [0.05, 0.1) is 16.4 Å². The molecule has 1 atom stereocenters. The molecule has 1 aliphatic rings. The summed E-state index contributed by atoms with van der Waals surface area (Å²) in [6, 6.07) is 5.78. The van der Waals surface area contributed by atoms with Crippen molar-refractivity contribution >= 4 is 17.3 Å². The van der Waals surface area contributed by atoms with Crippen molar-refractivity contribution in [1.29, 1.82) is 5.26 Å². The second-order valence-corrected chi connectivity index (χ2v) is 6.22. The zero-order valence-electron chi connectivity index (χ0n) is 14.1. The average molecular weight is 390 g/mol. The molecule has 0 saturated heterocycles. The number of nitrogens with two attached hydrogens (primary N) is 1. The molecule has 2 heterocycles. The van der Waals surface area contributed by atoms with E-state index < -0.39 is 22.1 Å². The highest BCUT2D eigenvalue weighted by Gasteiger charge is 2.36. The van der Waals surface area contributed by atoms with Crippen LogP contribution in [0, 0.1) is 21.4 Å². The van der Waals surface area contributed by atoms with E-state index in [9.17, 15) is 25.0 Å². The molecule has 0 spiro atoms. The van der Waals surface area contributed by atoms with Crippen LogP contribution < -0.4 is 21.7 Å². The summed E-state index contributed by atoms with van der Waals surface area (Å²) in [4.78, 5) is 35.5. The molecule has 0 aliphatic carbocycles. The van der Waals surface area contributed by atoms with Crippen LogP contribution in [0.25, 0.3) is 0 Å². The smallest absolute Gasteiger partial charge is 0.333 e. The first kappa shape index (κ1) is 18.2. The molecule has 10 nitrogen and oxygen atoms in total. The fraction of sp³-hybridized carbons (Fsp3) is 0.188. The van der Waals surface area contributed by atoms with E-state index in [1.807, 2.05) is 6.07 Å². The molecule has 1 aliphatic heterocycles. The van der Waals surface area contributed by atoms with Crippen molar-refractivity contribution in [3.63, 3.8) is 0 Å². The fourth-order valence-electron chi connectivity index (χ4n) is 2.97. The van der Waals surface area contributed by atoms with E-state index in [0.717, 1.165) is 15.2 Å². The monoisotopic (exact) mass is 389 g/mol. The molecule has 0 amide bonds. The quantitative estimate of drug-likeness (QED) is 0.591. The largest absolute Gasteiger partial charge is 0.423 e. The third kappa shape index (κ3) is 2.65. The molecule has 27 heavy (non-hydrogen) atoms. The van der Waals surface area contributed by atoms with Crippen molar-refractivity contribution in [3.05, 3.63) is 76.8 Å². The maximum atomic E-state index is 12.8. The van der Waals surface area contributed by atoms with Crippen LogP contribution >= 0.6 is 11.6 Å². The van der Waals surface area contributed by atoms with Crippen LogP contribution in [0.4, 0.5) is 5.69 Å². The van der Waals surface area contributed by atoms with Crippen molar-refractivity contribution in [1.82, 2.24) is 9.13 Å². The molecule has 138 valence electrons. The fourth-order valence-corrected chi connectivity index (χ4v) is 3.16. The van der Waals surface area contributed by atoms with Crippen LogP contribution in [0.3, 0.4) is 0 Å². The summed E-state index contributed by atoms with van der Waals surface area (Å²) in [6.45, 7) is 0. The highest BCUT2D eigenvalue weighted by atomic mass is 35.5. The number of hydrogen-bond donors (Lipinski definition) is 1. The Balaban J connectivity index is 2.42. The lowest BCUT2D eigenvalue weighted by Gasteiger charge is -2.27. The summed E-state index contributed by atoms with van der Waals surface area (Å²) in [5, 5.41) is 20.7. The molecule has 0 radical (unpaired) electrons. The second kappa shape index (κ2) is 6.30. The molecule has 0 saturated carbocycles. The summed E-state index contributed by atoms with van der Waals surface area (Å²) in [7, 11) is 2.66. The Morgan fingerprint density at radius 1 is 1.33 bits per heavy atom. The highest BCUT2D eigenvalue weighted by Crippen LogP contribution is 2.41. The molecule has 1 aromatic carbocycles. The van der Waals surface area contributed by atoms with E-state index in [2.05, 4.69) is 0 Å². The molecule has 0 bridgehead atoms. The number of nitrogens with zero attached hydrogens (tertiary/aromatic N) is 4. The van der Waals surface area contributed by atoms with Gasteiger partial charge in [0.2, 0.25) is 11.8 Å². The maximum absolute atomic E-state index is 12.8. The first-order chi connectivity index (χ1) is 12.7. The predicted molar refractivity (Wildman–Crippen MR) is 94.3 cm³/mol. The summed E-state index contributed by atoms with van der Waals surface area (Å²) in [6.07, 6.45) is 0. The first-order valence-corrected chi connectivity index (χ1v) is 7.88. The van der Waals surface area contributed by atoms with E-state index in [-0.39, 0.29) is 39.2 Å². The third-order valence-electron chi connectivity index (χ3n) is 4.31. The molecule has 0 fully saturated rings. The average Bonchev–Trinajstić information content (AvgIpc) is 2.63. The number of halogens is 1. The Labute approximate surface area is 156 Å². The van der Waals surface area contributed by atoms with Crippen LogP contribution in [-0.4, -0.2) is 14.1 Å². The minimum atomic E-state index is -1.06. The van der Waals surface area contributed by atoms with Crippen molar-refractivity contribution in [2.75, 3.05) is 0 Å². The number of allylic oxidation sites excluding steroid dienone is 1. The minimum Gasteiger partial charge on any atom is -0.423 e. The van der Waals surface area contributed by atoms with Gasteiger partial charge >= 0.3 is 5.69 Å². The number of benzene rings is 1. The van der Waals surface area contributed by atoms with Gasteiger partial charge in [0.25, 0.3) is 11.2 Å². The van der Waals surface area contributed by atoms with Gasteiger partial charge in [0.15, 0.2) is 0 Å². The molecule has 1 aromatic heterocycles. The van der Waals surface area contributed by atoms with Crippen molar-refractivity contribution in [2.45, 2.75) is 5.92 Å². The molecule has 0 unspecified atom stereocenters. The lowest BCUT2D eigenvalue weighted by molar-refractivity contribution is -0.384. The van der Waals surface area contributed by atoms with Gasteiger partial charge < -0.3 is 10.5 Å². The molecular weight excluding hydrogens is 378 g/mol. The van der Waals surface area contributed by atoms with Gasteiger partial charge in [-0.3, -0.25) is 24.0 Å². The van der Waals surface area contributed by atoms with Crippen LogP contribution in [0.1, 0.15) is 17.0 Å². The van der Waals surface area contributed by atoms with E-state index in [4.69, 9.17) is 22.1 Å². The van der Waals surface area contributed by atoms with E-state index >= 15 is 0 Å². The maximum Gasteiger partial charge on any atom is 0.333 e. The van der Waals surface area contributed by atoms with E-state index in [1.165, 1.54) is 26.2 Å². The van der Waals surface area contributed by atoms with Crippen LogP contribution in [0.2, 0.25) is 5.02 Å². The Bertz CT molecular complexity index is 1190. The molecule has 11 heteroatoms. The zero-order chi connectivity index (χ0) is 20.0. The van der Waals surface area contributed by atoms with Crippen LogP contribution in [-0.2, 0) is 14.1 Å². The molecule has 2 aromatic rings. The van der Waals surface area contributed by atoms with Crippen LogP contribution in [0.5, 0.6) is 5.88 Å². The molecule has 3 rings (SSSR count). The summed E-state index contributed by atoms with van der Waals surface area (Å²) in [5.74, 6) is -1.47. The Kier molecular flexibility index (Phi) is 4.25. The van der Waals surface area contributed by atoms with Gasteiger partial charge in [0, 0.05) is 20.2 Å². The van der Waals surface area contributed by atoms with Gasteiger partial charge in [-0.15, -0.1) is 0 Å². The number of ether oxygens (including phenoxy) is 1. The van der Waals surface area contributed by atoms with Gasteiger partial charge in [-0.1, -0.05) is 17.7 Å². The van der Waals surface area contributed by atoms with Gasteiger partial charge in [-0.05, 0) is 11.6 Å². The highest BCUT2D eigenvalue weighted by molar-refractivity contribution is 6.32. The number of hydrogen-bond acceptors (Lipinski definition) is 7. The Morgan fingerprint density at radius 2 is 2.00 bits per heavy atom. The Morgan fingerprint density at radius 3 is 2.59 bits per heavy atom. The van der Waals surface area contributed by atoms with Crippen molar-refractivity contribution < 1.29 is 9.66 Å². The molecule has 2 N–H and O–H groups in total. The standard InChI is InChI=1S/C16H12ClN5O5/c1-20-14(23)12-11(7-3-4-9(17)10(5-7)22(25)26)8(6-18)13(19)27-15(12)21(2)16(20)24/h3-5,11H,19H2,1-2H3/t11-/m0/s1. The second-order valence-electron chi connectivity index (χ2n) is 5.82. The third-order valence-corrected chi connectivity index (χ3v) is 4.63. The van der Waals surface area contributed by atoms with Crippen molar-refractivity contribution in [3.8, 4) is 11.9 Å². The summed E-state index contributed by atoms with van der Waals surface area (Å²) < 4.78 is 7.30. The predicted octanol–water partition coefficient (Wildman–Crippen LogP) is 0.864. The normalized spacial score (nSPS) is 15.7.